The number of nitrogens with zero attached hydrogens (tertiary/aromatic N) is 3. The van der Waals surface area contributed by atoms with Gasteiger partial charge < -0.3 is 11.1 Å². The molecule has 2 aromatic carbocycles. The molecule has 0 aliphatic carbocycles. The summed E-state index contributed by atoms with van der Waals surface area (Å²) in [5, 5.41) is 10.6. The van der Waals surface area contributed by atoms with Crippen LogP contribution in [0.3, 0.4) is 0 Å². The summed E-state index contributed by atoms with van der Waals surface area (Å²) < 4.78 is 1.57. The molecule has 0 fully saturated rings. The van der Waals surface area contributed by atoms with Crippen LogP contribution in [0, 0.1) is 6.92 Å². The largest absolute Gasteiger partial charge is 0.368 e. The van der Waals surface area contributed by atoms with Crippen molar-refractivity contribution in [3.8, 4) is 5.69 Å². The molecule has 1 heterocycles. The lowest BCUT2D eigenvalue weighted by Gasteiger charge is -2.15. The molecule has 3 rings (SSSR count). The Hall–Kier alpha value is -3.48. The average Bonchev–Trinajstić information content (AvgIpc) is 3.02. The van der Waals surface area contributed by atoms with Crippen LogP contribution in [0.15, 0.2) is 60.7 Å². The van der Waals surface area contributed by atoms with Crippen LogP contribution in [0.4, 0.5) is 0 Å². The van der Waals surface area contributed by atoms with Gasteiger partial charge in [-0.3, -0.25) is 9.59 Å². The second-order valence-electron chi connectivity index (χ2n) is 5.49. The standard InChI is InChI=1S/C18H17N5O2/c1-12-15(21-22-23(12)14-10-6-3-7-11-14)18(25)20-16(17(19)24)13-8-4-2-5-9-13/h2-11,16H,1H3,(H2,19,24)(H,20,25)/t16-/m0/s1. The lowest BCUT2D eigenvalue weighted by molar-refractivity contribution is -0.120. The lowest BCUT2D eigenvalue weighted by Crippen LogP contribution is -2.37. The summed E-state index contributed by atoms with van der Waals surface area (Å²) in [7, 11) is 0. The van der Waals surface area contributed by atoms with Gasteiger partial charge in [0, 0.05) is 0 Å². The van der Waals surface area contributed by atoms with Crippen molar-refractivity contribution in [3.05, 3.63) is 77.6 Å². The minimum atomic E-state index is -0.935. The number of hydrogen-bond acceptors (Lipinski definition) is 4. The second-order valence-corrected chi connectivity index (χ2v) is 5.49. The number of carbonyl (C=O) groups is 2. The predicted molar refractivity (Wildman–Crippen MR) is 91.9 cm³/mol. The Labute approximate surface area is 144 Å². The monoisotopic (exact) mass is 335 g/mol. The van der Waals surface area contributed by atoms with Crippen LogP contribution in [0.5, 0.6) is 0 Å². The maximum absolute atomic E-state index is 12.6. The zero-order valence-electron chi connectivity index (χ0n) is 13.6. The molecule has 7 heteroatoms. The summed E-state index contributed by atoms with van der Waals surface area (Å²) in [5.74, 6) is -1.15. The number of primary amides is 1. The van der Waals surface area contributed by atoms with Crippen molar-refractivity contribution >= 4 is 11.8 Å². The molecule has 1 aromatic heterocycles. The third-order valence-corrected chi connectivity index (χ3v) is 3.80. The van der Waals surface area contributed by atoms with Crippen LogP contribution in [0.1, 0.15) is 27.8 Å². The molecule has 0 saturated carbocycles. The molecule has 25 heavy (non-hydrogen) atoms. The van der Waals surface area contributed by atoms with Gasteiger partial charge in [0.2, 0.25) is 5.91 Å². The molecule has 1 atom stereocenters. The van der Waals surface area contributed by atoms with Crippen LogP contribution in [-0.4, -0.2) is 26.8 Å². The number of rotatable bonds is 5. The molecule has 0 unspecified atom stereocenters. The fraction of sp³-hybridized carbons (Fsp3) is 0.111. The van der Waals surface area contributed by atoms with Gasteiger partial charge >= 0.3 is 0 Å². The van der Waals surface area contributed by atoms with E-state index in [-0.39, 0.29) is 5.69 Å². The van der Waals surface area contributed by atoms with Gasteiger partial charge in [0.1, 0.15) is 6.04 Å². The first-order valence-corrected chi connectivity index (χ1v) is 7.71. The summed E-state index contributed by atoms with van der Waals surface area (Å²) in [4.78, 5) is 24.3. The highest BCUT2D eigenvalue weighted by molar-refractivity contribution is 5.96. The summed E-state index contributed by atoms with van der Waals surface area (Å²) in [6, 6.07) is 17.2. The molecular weight excluding hydrogens is 318 g/mol. The van der Waals surface area contributed by atoms with E-state index in [1.807, 2.05) is 36.4 Å². The molecule has 0 radical (unpaired) electrons. The Morgan fingerprint density at radius 2 is 1.64 bits per heavy atom. The third-order valence-electron chi connectivity index (χ3n) is 3.80. The van der Waals surface area contributed by atoms with Gasteiger partial charge in [-0.1, -0.05) is 53.7 Å². The number of carbonyl (C=O) groups excluding carboxylic acids is 2. The minimum Gasteiger partial charge on any atom is -0.368 e. The number of benzene rings is 2. The fourth-order valence-electron chi connectivity index (χ4n) is 2.52. The van der Waals surface area contributed by atoms with Crippen LogP contribution < -0.4 is 11.1 Å². The molecule has 0 aliphatic heterocycles. The topological polar surface area (TPSA) is 103 Å². The number of amides is 2. The maximum atomic E-state index is 12.6. The normalized spacial score (nSPS) is 11.7. The molecule has 3 aromatic rings. The van der Waals surface area contributed by atoms with Gasteiger partial charge in [0.25, 0.3) is 5.91 Å². The smallest absolute Gasteiger partial charge is 0.274 e. The Bertz CT molecular complexity index is 890. The first kappa shape index (κ1) is 16.4. The molecule has 0 spiro atoms. The summed E-state index contributed by atoms with van der Waals surface area (Å²) in [6.07, 6.45) is 0. The van der Waals surface area contributed by atoms with Crippen molar-refractivity contribution in [3.63, 3.8) is 0 Å². The van der Waals surface area contributed by atoms with Crippen molar-refractivity contribution in [2.75, 3.05) is 0 Å². The summed E-state index contributed by atoms with van der Waals surface area (Å²) >= 11 is 0. The van der Waals surface area contributed by atoms with E-state index in [0.29, 0.717) is 11.3 Å². The van der Waals surface area contributed by atoms with Crippen LogP contribution in [0.2, 0.25) is 0 Å². The quantitative estimate of drug-likeness (QED) is 0.738. The van der Waals surface area contributed by atoms with E-state index >= 15 is 0 Å². The Morgan fingerprint density at radius 1 is 1.04 bits per heavy atom. The van der Waals surface area contributed by atoms with E-state index in [1.165, 1.54) is 0 Å². The highest BCUT2D eigenvalue weighted by atomic mass is 16.2. The molecule has 0 saturated heterocycles. The number of nitrogens with two attached hydrogens (primary N) is 1. The Morgan fingerprint density at radius 3 is 2.24 bits per heavy atom. The zero-order valence-corrected chi connectivity index (χ0v) is 13.6. The van der Waals surface area contributed by atoms with E-state index in [1.54, 1.807) is 35.9 Å². The van der Waals surface area contributed by atoms with Crippen molar-refractivity contribution in [1.29, 1.82) is 0 Å². The summed E-state index contributed by atoms with van der Waals surface area (Å²) in [6.45, 7) is 1.74. The van der Waals surface area contributed by atoms with Crippen molar-refractivity contribution < 1.29 is 9.59 Å². The molecule has 2 amide bonds. The van der Waals surface area contributed by atoms with Gasteiger partial charge in [-0.25, -0.2) is 4.68 Å². The third kappa shape index (κ3) is 3.40. The minimum absolute atomic E-state index is 0.144. The molecule has 7 nitrogen and oxygen atoms in total. The van der Waals surface area contributed by atoms with Gasteiger partial charge in [-0.15, -0.1) is 5.10 Å². The van der Waals surface area contributed by atoms with Crippen molar-refractivity contribution in [2.24, 2.45) is 5.73 Å². The molecular formula is C18H17N5O2. The molecule has 0 aliphatic rings. The van der Waals surface area contributed by atoms with Crippen LogP contribution in [0.25, 0.3) is 5.69 Å². The number of para-hydroxylation sites is 1. The van der Waals surface area contributed by atoms with Crippen molar-refractivity contribution in [2.45, 2.75) is 13.0 Å². The predicted octanol–water partition coefficient (Wildman–Crippen LogP) is 1.53. The van der Waals surface area contributed by atoms with E-state index in [4.69, 9.17) is 5.73 Å². The van der Waals surface area contributed by atoms with Crippen LogP contribution in [-0.2, 0) is 4.79 Å². The van der Waals surface area contributed by atoms with E-state index in [9.17, 15) is 9.59 Å². The zero-order chi connectivity index (χ0) is 17.8. The lowest BCUT2D eigenvalue weighted by atomic mass is 10.1. The fourth-order valence-corrected chi connectivity index (χ4v) is 2.52. The first-order valence-electron chi connectivity index (χ1n) is 7.71. The average molecular weight is 335 g/mol. The Kier molecular flexibility index (Phi) is 4.56. The van der Waals surface area contributed by atoms with Gasteiger partial charge in [0.15, 0.2) is 5.69 Å². The SMILES string of the molecule is Cc1c(C(=O)N[C@H](C(N)=O)c2ccccc2)nnn1-c1ccccc1. The highest BCUT2D eigenvalue weighted by Crippen LogP contribution is 2.15. The number of aromatic nitrogens is 3. The second kappa shape index (κ2) is 6.96. The van der Waals surface area contributed by atoms with Gasteiger partial charge in [-0.2, -0.15) is 0 Å². The number of hydrogen-bond donors (Lipinski definition) is 2. The van der Waals surface area contributed by atoms with Crippen molar-refractivity contribution in [1.82, 2.24) is 20.3 Å². The molecule has 0 bridgehead atoms. The molecule has 126 valence electrons. The Balaban J connectivity index is 1.86. The van der Waals surface area contributed by atoms with E-state index < -0.39 is 17.9 Å². The van der Waals surface area contributed by atoms with Gasteiger partial charge in [-0.05, 0) is 24.6 Å². The van der Waals surface area contributed by atoms with Gasteiger partial charge in [0.05, 0.1) is 11.4 Å². The maximum Gasteiger partial charge on any atom is 0.274 e. The molecule has 3 N–H and O–H groups in total. The summed E-state index contributed by atoms with van der Waals surface area (Å²) in [5.41, 5.74) is 7.55. The van der Waals surface area contributed by atoms with Crippen LogP contribution >= 0.6 is 0 Å². The first-order chi connectivity index (χ1) is 12.1. The highest BCUT2D eigenvalue weighted by Gasteiger charge is 2.24. The van der Waals surface area contributed by atoms with E-state index in [2.05, 4.69) is 15.6 Å². The van der Waals surface area contributed by atoms with E-state index in [0.717, 1.165) is 5.69 Å². The number of nitrogens with one attached hydrogen (secondary N) is 1.